The lowest BCUT2D eigenvalue weighted by atomic mass is 9.76. The van der Waals surface area contributed by atoms with Crippen LogP contribution < -0.4 is 4.58 Å². The molecule has 2 aliphatic rings. The third-order valence-corrected chi connectivity index (χ3v) is 12.0. The second-order valence-electron chi connectivity index (χ2n) is 16.6. The van der Waals surface area contributed by atoms with E-state index in [-0.39, 0.29) is 13.8 Å². The molecule has 0 saturated carbocycles. The van der Waals surface area contributed by atoms with E-state index in [0.717, 1.165) is 12.1 Å². The maximum Gasteiger partial charge on any atom is 0.423 e. The molecule has 0 spiro atoms. The van der Waals surface area contributed by atoms with Gasteiger partial charge in [0.15, 0.2) is 5.71 Å². The molecule has 0 fully saturated rings. The van der Waals surface area contributed by atoms with Crippen LogP contribution in [0, 0.1) is 6.92 Å². The molecule has 1 aromatic heterocycles. The van der Waals surface area contributed by atoms with E-state index in [4.69, 9.17) is 0 Å². The Bertz CT molecular complexity index is 3330. The Labute approximate surface area is 410 Å². The normalized spacial score (nSPS) is 17.7. The van der Waals surface area contributed by atoms with Crippen LogP contribution in [0.15, 0.2) is 59.9 Å². The first-order valence-electron chi connectivity index (χ1n) is 20.2. The Hall–Kier alpha value is -6.77. The summed E-state index contributed by atoms with van der Waals surface area (Å²) in [5.74, 6) is -1.74. The van der Waals surface area contributed by atoms with Crippen LogP contribution in [0.25, 0.3) is 27.7 Å². The summed E-state index contributed by atoms with van der Waals surface area (Å²) in [5.41, 5.74) is -61.8. The number of nitrogens with zero attached hydrogens (tertiary/aromatic N) is 2. The maximum atomic E-state index is 15.0. The molecule has 0 bridgehead atoms. The number of rotatable bonds is 3. The molecule has 0 amide bonds. The summed E-state index contributed by atoms with van der Waals surface area (Å²) in [6.45, 7) is 0.461. The average molecular weight is 1180 g/mol. The van der Waals surface area contributed by atoms with Gasteiger partial charge in [0.05, 0.1) is 66.8 Å². The van der Waals surface area contributed by atoms with E-state index < -0.39 is 206 Å². The molecular weight excluding hydrogens is 1160 g/mol. The minimum atomic E-state index is -7.34. The molecule has 0 saturated heterocycles. The van der Waals surface area contributed by atoms with Crippen LogP contribution in [-0.2, 0) is 61.8 Å². The first kappa shape index (κ1) is 58.9. The van der Waals surface area contributed by atoms with Crippen molar-refractivity contribution >= 4 is 39.1 Å². The predicted octanol–water partition coefficient (Wildman–Crippen LogP) is 17.5. The third-order valence-electron chi connectivity index (χ3n) is 12.0. The van der Waals surface area contributed by atoms with E-state index in [0.29, 0.717) is 36.4 Å². The fourth-order valence-corrected chi connectivity index (χ4v) is 9.70. The van der Waals surface area contributed by atoms with Crippen molar-refractivity contribution in [2.24, 2.45) is 0 Å². The van der Waals surface area contributed by atoms with E-state index in [1.807, 2.05) is 0 Å². The van der Waals surface area contributed by atoms with Gasteiger partial charge in [-0.2, -0.15) is 136 Å². The number of aliphatic hydroxyl groups excluding tert-OH is 2. The fourth-order valence-electron chi connectivity index (χ4n) is 9.70. The zero-order chi connectivity index (χ0) is 59.7. The quantitative estimate of drug-likeness (QED) is 0.140. The van der Waals surface area contributed by atoms with Crippen molar-refractivity contribution in [2.45, 2.75) is 81.7 Å². The predicted molar refractivity (Wildman–Crippen MR) is 206 cm³/mol. The van der Waals surface area contributed by atoms with Gasteiger partial charge in [0.1, 0.15) is 23.0 Å². The number of halogens is 30. The Balaban J connectivity index is 1.71. The molecule has 4 nitrogen and oxygen atoms in total. The van der Waals surface area contributed by atoms with Gasteiger partial charge in [-0.15, -0.1) is 0 Å². The molecule has 1 aliphatic heterocycles. The number of allylic oxidation sites excluding steroid dienone is 1. The van der Waals surface area contributed by atoms with Crippen LogP contribution in [0.2, 0.25) is 0 Å². The number of fused-ring (bicyclic) bond motifs is 2. The highest BCUT2D eigenvalue weighted by atomic mass is 19.4. The first-order chi connectivity index (χ1) is 34.8. The standard InChI is InChI=1S/C44H16F30N2O2/c1-11-17(13-7-3-5-9-15(13)75(11)31-27(41(63,64)65)23(37(51,52)53)21(35(45,46)47)24(38(54,55)56)28(31)42(66,67)68)19-33(77)20(34(19)78)18-12(2)76(16-10-6-4-8-14(16)18)32-29(43(69,70)71)25(39(57,58)59)22(36(48,49)50)26(40(60,61)62)30(32)44(72,73)74/h3-10,33,77H,1-2H3/p+1. The van der Waals surface area contributed by atoms with Crippen LogP contribution in [0.5, 0.6) is 0 Å². The zero-order valence-corrected chi connectivity index (χ0v) is 36.8. The summed E-state index contributed by atoms with van der Waals surface area (Å²) in [7, 11) is 0. The third kappa shape index (κ3) is 9.19. The Kier molecular flexibility index (Phi) is 13.1. The van der Waals surface area contributed by atoms with Crippen molar-refractivity contribution in [3.63, 3.8) is 0 Å². The number of hydrogen-bond donors (Lipinski definition) is 2. The highest BCUT2D eigenvalue weighted by molar-refractivity contribution is 6.31. The summed E-state index contributed by atoms with van der Waals surface area (Å²) < 4.78 is 440. The lowest BCUT2D eigenvalue weighted by Gasteiger charge is -2.32. The number of benzene rings is 4. The van der Waals surface area contributed by atoms with Crippen LogP contribution in [0.3, 0.4) is 0 Å². The van der Waals surface area contributed by atoms with Crippen LogP contribution in [0.1, 0.15) is 79.4 Å². The van der Waals surface area contributed by atoms with Gasteiger partial charge in [-0.05, 0) is 19.1 Å². The van der Waals surface area contributed by atoms with E-state index in [9.17, 15) is 89.2 Å². The van der Waals surface area contributed by atoms with Gasteiger partial charge >= 0.3 is 61.8 Å². The molecular formula is C44H17F30N2O2+. The molecule has 4 aromatic carbocycles. The van der Waals surface area contributed by atoms with E-state index in [1.165, 1.54) is 0 Å². The summed E-state index contributed by atoms with van der Waals surface area (Å²) in [5, 5.41) is 22.3. The fraction of sp³-hybridized carbons (Fsp3) is 0.295. The molecule has 424 valence electrons. The molecule has 0 radical (unpaired) electrons. The average Bonchev–Trinajstić information content (AvgIpc) is 3.67. The molecule has 5 aromatic rings. The van der Waals surface area contributed by atoms with Gasteiger partial charge in [0.2, 0.25) is 11.4 Å². The maximum absolute atomic E-state index is 15.0. The largest absolute Gasteiger partial charge is 0.507 e. The molecule has 7 rings (SSSR count). The summed E-state index contributed by atoms with van der Waals surface area (Å²) in [4.78, 5) is 0. The minimum Gasteiger partial charge on any atom is -0.507 e. The topological polar surface area (TPSA) is 48.4 Å². The number of aliphatic hydroxyl groups is 2. The number of para-hydroxylation sites is 2. The summed E-state index contributed by atoms with van der Waals surface area (Å²) in [6.07, 6.45) is -75.5. The zero-order valence-electron chi connectivity index (χ0n) is 36.8. The van der Waals surface area contributed by atoms with E-state index >= 15 is 52.7 Å². The monoisotopic (exact) mass is 1180 g/mol. The second-order valence-corrected chi connectivity index (χ2v) is 16.6. The Morgan fingerprint density at radius 1 is 0.410 bits per heavy atom. The molecule has 1 atom stereocenters. The van der Waals surface area contributed by atoms with Gasteiger partial charge in [-0.25, -0.2) is 0 Å². The van der Waals surface area contributed by atoms with Crippen molar-refractivity contribution in [1.82, 2.24) is 9.14 Å². The van der Waals surface area contributed by atoms with Crippen LogP contribution in [0.4, 0.5) is 143 Å². The Morgan fingerprint density at radius 3 is 1.09 bits per heavy atom. The lowest BCUT2D eigenvalue weighted by molar-refractivity contribution is -0.188. The van der Waals surface area contributed by atoms with Crippen LogP contribution >= 0.6 is 0 Å². The smallest absolute Gasteiger partial charge is 0.423 e. The van der Waals surface area contributed by atoms with E-state index in [2.05, 4.69) is 0 Å². The SMILES string of the molecule is CC1=[N+](c2c(C(F)(F)F)c(C(F)(F)F)c(C(F)(F)F)c(C(F)(F)F)c2C(F)(F)F)c2ccccc2C1=C1C(O)=C(c2c(C)n(-c3c(C(F)(F)F)c(C(F)(F)F)c(C(F)(F)F)c(C(F)(F)F)c3C(F)(F)F)c3ccccc23)C1O. The van der Waals surface area contributed by atoms with Gasteiger partial charge < -0.3 is 14.8 Å². The number of aromatic nitrogens is 1. The molecule has 1 aliphatic carbocycles. The Morgan fingerprint density at radius 2 is 0.731 bits per heavy atom. The highest BCUT2D eigenvalue weighted by Crippen LogP contribution is 2.63. The second kappa shape index (κ2) is 17.4. The highest BCUT2D eigenvalue weighted by Gasteiger charge is 2.65. The minimum absolute atomic E-state index is 0.231. The van der Waals surface area contributed by atoms with Crippen molar-refractivity contribution in [3.8, 4) is 5.69 Å². The van der Waals surface area contributed by atoms with Gasteiger partial charge in [-0.3, -0.25) is 0 Å². The molecule has 34 heteroatoms. The van der Waals surface area contributed by atoms with Crippen molar-refractivity contribution in [1.29, 1.82) is 0 Å². The van der Waals surface area contributed by atoms with Crippen LogP contribution in [-0.4, -0.2) is 26.6 Å². The summed E-state index contributed by atoms with van der Waals surface area (Å²) >= 11 is 0. The summed E-state index contributed by atoms with van der Waals surface area (Å²) in [6, 6.07) is 4.41. The van der Waals surface area contributed by atoms with Crippen molar-refractivity contribution in [3.05, 3.63) is 132 Å². The van der Waals surface area contributed by atoms with Gasteiger partial charge in [0, 0.05) is 40.8 Å². The lowest BCUT2D eigenvalue weighted by Crippen LogP contribution is -2.34. The molecule has 2 N–H and O–H groups in total. The van der Waals surface area contributed by atoms with E-state index in [1.54, 1.807) is 0 Å². The van der Waals surface area contributed by atoms with Crippen molar-refractivity contribution in [2.75, 3.05) is 0 Å². The number of hydrogen-bond acceptors (Lipinski definition) is 2. The van der Waals surface area contributed by atoms with Gasteiger partial charge in [0.25, 0.3) is 0 Å². The molecule has 1 unspecified atom stereocenters. The molecule has 78 heavy (non-hydrogen) atoms. The molecule has 2 heterocycles. The first-order valence-corrected chi connectivity index (χ1v) is 20.2. The van der Waals surface area contributed by atoms with Crippen molar-refractivity contribution < 1.29 is 142 Å². The van der Waals surface area contributed by atoms with Gasteiger partial charge in [-0.1, -0.05) is 30.3 Å². The number of alkyl halides is 30.